The molecule has 0 spiro atoms. The molecule has 0 atom stereocenters. The number of rotatable bonds is 3. The maximum Gasteiger partial charge on any atom is 0.152 e. The largest absolute Gasteiger partial charge is 0.339 e. The van der Waals surface area contributed by atoms with Crippen LogP contribution in [-0.2, 0) is 6.54 Å². The maximum atomic E-state index is 5.94. The molecule has 3 N–H and O–H groups in total. The Morgan fingerprint density at radius 2 is 2.25 bits per heavy atom. The molecule has 0 saturated heterocycles. The summed E-state index contributed by atoms with van der Waals surface area (Å²) in [6.45, 7) is 0.507. The van der Waals surface area contributed by atoms with Crippen LogP contribution in [0.1, 0.15) is 5.56 Å². The van der Waals surface area contributed by atoms with Gasteiger partial charge in [-0.25, -0.2) is 9.97 Å². The van der Waals surface area contributed by atoms with Gasteiger partial charge in [-0.2, -0.15) is 0 Å². The lowest BCUT2D eigenvalue weighted by Gasteiger charge is -2.07. The van der Waals surface area contributed by atoms with E-state index in [-0.39, 0.29) is 0 Å². The average molecular weight is 235 g/mol. The molecular formula is C11H11ClN4. The summed E-state index contributed by atoms with van der Waals surface area (Å²) in [5.74, 6) is 0.589. The Bertz CT molecular complexity index is 487. The highest BCUT2D eigenvalue weighted by atomic mass is 35.5. The second-order valence-corrected chi connectivity index (χ2v) is 3.66. The first-order valence-corrected chi connectivity index (χ1v) is 5.19. The van der Waals surface area contributed by atoms with Crippen LogP contribution in [0, 0.1) is 0 Å². The van der Waals surface area contributed by atoms with E-state index in [1.807, 2.05) is 24.3 Å². The van der Waals surface area contributed by atoms with E-state index in [2.05, 4.69) is 15.3 Å². The van der Waals surface area contributed by atoms with E-state index in [0.717, 1.165) is 11.3 Å². The van der Waals surface area contributed by atoms with E-state index in [4.69, 9.17) is 17.3 Å². The van der Waals surface area contributed by atoms with Crippen LogP contribution in [0.2, 0.25) is 5.02 Å². The minimum Gasteiger partial charge on any atom is -0.339 e. The lowest BCUT2D eigenvalue weighted by atomic mass is 10.2. The molecule has 0 radical (unpaired) electrons. The van der Waals surface area contributed by atoms with Gasteiger partial charge in [0.15, 0.2) is 5.82 Å². The topological polar surface area (TPSA) is 63.8 Å². The van der Waals surface area contributed by atoms with Crippen LogP contribution < -0.4 is 11.1 Å². The van der Waals surface area contributed by atoms with Gasteiger partial charge in [0.25, 0.3) is 0 Å². The minimum atomic E-state index is 0.487. The van der Waals surface area contributed by atoms with Crippen molar-refractivity contribution in [3.8, 4) is 0 Å². The highest BCUT2D eigenvalue weighted by Gasteiger charge is 2.01. The number of benzene rings is 1. The van der Waals surface area contributed by atoms with E-state index in [0.29, 0.717) is 17.4 Å². The molecule has 0 saturated carbocycles. The monoisotopic (exact) mass is 234 g/mol. The quantitative estimate of drug-likeness (QED) is 0.856. The number of hydrogen-bond acceptors (Lipinski definition) is 4. The summed E-state index contributed by atoms with van der Waals surface area (Å²) < 4.78 is 0. The highest BCUT2D eigenvalue weighted by Crippen LogP contribution is 2.21. The van der Waals surface area contributed by atoms with Gasteiger partial charge in [-0.15, -0.1) is 0 Å². The Kier molecular flexibility index (Phi) is 3.34. The number of aromatic nitrogens is 2. The fraction of sp³-hybridized carbons (Fsp3) is 0.0909. The fourth-order valence-electron chi connectivity index (χ4n) is 1.32. The van der Waals surface area contributed by atoms with Gasteiger partial charge >= 0.3 is 0 Å². The summed E-state index contributed by atoms with van der Waals surface area (Å²) in [5, 5.41) is 3.60. The second kappa shape index (κ2) is 4.92. The number of anilines is 2. The molecule has 1 heterocycles. The molecule has 1 aromatic heterocycles. The molecule has 0 aliphatic heterocycles. The van der Waals surface area contributed by atoms with Crippen molar-refractivity contribution in [2.24, 2.45) is 5.73 Å². The molecule has 4 nitrogen and oxygen atoms in total. The first kappa shape index (κ1) is 10.9. The number of nitrogens with two attached hydrogens (primary N) is 1. The molecule has 2 rings (SSSR count). The van der Waals surface area contributed by atoms with Crippen molar-refractivity contribution in [2.75, 3.05) is 5.32 Å². The Hall–Kier alpha value is -1.65. The molecular weight excluding hydrogens is 224 g/mol. The van der Waals surface area contributed by atoms with Crippen molar-refractivity contribution in [3.63, 3.8) is 0 Å². The first-order valence-electron chi connectivity index (χ1n) is 4.81. The lowest BCUT2D eigenvalue weighted by Crippen LogP contribution is -1.99. The Balaban J connectivity index is 2.24. The Morgan fingerprint density at radius 1 is 1.38 bits per heavy atom. The van der Waals surface area contributed by atoms with E-state index < -0.39 is 0 Å². The zero-order valence-electron chi connectivity index (χ0n) is 8.52. The zero-order valence-corrected chi connectivity index (χ0v) is 9.28. The smallest absolute Gasteiger partial charge is 0.152 e. The van der Waals surface area contributed by atoms with Crippen molar-refractivity contribution < 1.29 is 0 Å². The van der Waals surface area contributed by atoms with Crippen molar-refractivity contribution in [1.29, 1.82) is 0 Å². The van der Waals surface area contributed by atoms with Crippen molar-refractivity contribution in [3.05, 3.63) is 47.4 Å². The van der Waals surface area contributed by atoms with Crippen LogP contribution in [0.5, 0.6) is 0 Å². The number of halogens is 1. The third-order valence-corrected chi connectivity index (χ3v) is 2.37. The summed E-state index contributed by atoms with van der Waals surface area (Å²) in [4.78, 5) is 7.86. The van der Waals surface area contributed by atoms with Crippen LogP contribution in [-0.4, -0.2) is 9.97 Å². The van der Waals surface area contributed by atoms with Gasteiger partial charge in [0.2, 0.25) is 0 Å². The van der Waals surface area contributed by atoms with Gasteiger partial charge in [-0.1, -0.05) is 23.7 Å². The Morgan fingerprint density at radius 3 is 3.00 bits per heavy atom. The van der Waals surface area contributed by atoms with E-state index in [1.165, 1.54) is 6.33 Å². The van der Waals surface area contributed by atoms with Crippen molar-refractivity contribution >= 4 is 23.1 Å². The summed E-state index contributed by atoms with van der Waals surface area (Å²) >= 11 is 5.94. The van der Waals surface area contributed by atoms with Crippen LogP contribution in [0.3, 0.4) is 0 Å². The summed E-state index contributed by atoms with van der Waals surface area (Å²) in [6.07, 6.45) is 2.99. The molecule has 0 aliphatic carbocycles. The van der Waals surface area contributed by atoms with Gasteiger partial charge in [0.1, 0.15) is 11.3 Å². The van der Waals surface area contributed by atoms with Gasteiger partial charge < -0.3 is 11.1 Å². The number of hydrogen-bond donors (Lipinski definition) is 2. The standard InChI is InChI=1S/C11H11ClN4/c12-10-6-14-7-15-11(10)16-9-3-1-2-8(4-9)5-13/h1-4,6-7H,5,13H2,(H,14,15,16). The number of nitrogens with zero attached hydrogens (tertiary/aromatic N) is 2. The highest BCUT2D eigenvalue weighted by molar-refractivity contribution is 6.32. The maximum absolute atomic E-state index is 5.94. The predicted octanol–water partition coefficient (Wildman–Crippen LogP) is 2.33. The van der Waals surface area contributed by atoms with Gasteiger partial charge in [-0.3, -0.25) is 0 Å². The van der Waals surface area contributed by atoms with Gasteiger partial charge in [0.05, 0.1) is 6.20 Å². The molecule has 5 heteroatoms. The lowest BCUT2D eigenvalue weighted by molar-refractivity contribution is 1.07. The average Bonchev–Trinajstić information content (AvgIpc) is 2.32. The molecule has 0 amide bonds. The minimum absolute atomic E-state index is 0.487. The van der Waals surface area contributed by atoms with E-state index >= 15 is 0 Å². The number of nitrogens with one attached hydrogen (secondary N) is 1. The SMILES string of the molecule is NCc1cccc(Nc2ncncc2Cl)c1. The fourth-order valence-corrected chi connectivity index (χ4v) is 1.47. The Labute approximate surface area is 98.5 Å². The molecule has 16 heavy (non-hydrogen) atoms. The summed E-state index contributed by atoms with van der Waals surface area (Å²) in [5.41, 5.74) is 7.52. The third-order valence-electron chi connectivity index (χ3n) is 2.09. The molecule has 0 aliphatic rings. The second-order valence-electron chi connectivity index (χ2n) is 3.25. The molecule has 1 aromatic carbocycles. The summed E-state index contributed by atoms with van der Waals surface area (Å²) in [6, 6.07) is 7.78. The van der Waals surface area contributed by atoms with Crippen molar-refractivity contribution in [1.82, 2.24) is 9.97 Å². The van der Waals surface area contributed by atoms with Crippen LogP contribution in [0.25, 0.3) is 0 Å². The molecule has 82 valence electrons. The summed E-state index contributed by atoms with van der Waals surface area (Å²) in [7, 11) is 0. The third kappa shape index (κ3) is 2.48. The molecule has 0 bridgehead atoms. The van der Waals surface area contributed by atoms with Crippen LogP contribution >= 0.6 is 11.6 Å². The van der Waals surface area contributed by atoms with Gasteiger partial charge in [0, 0.05) is 12.2 Å². The van der Waals surface area contributed by atoms with E-state index in [1.54, 1.807) is 6.20 Å². The van der Waals surface area contributed by atoms with Crippen LogP contribution in [0.15, 0.2) is 36.8 Å². The zero-order chi connectivity index (χ0) is 11.4. The van der Waals surface area contributed by atoms with Crippen molar-refractivity contribution in [2.45, 2.75) is 6.54 Å². The molecule has 0 fully saturated rings. The molecule has 0 unspecified atom stereocenters. The first-order chi connectivity index (χ1) is 7.79. The molecule has 2 aromatic rings. The predicted molar refractivity (Wildman–Crippen MR) is 64.7 cm³/mol. The van der Waals surface area contributed by atoms with Crippen LogP contribution in [0.4, 0.5) is 11.5 Å². The van der Waals surface area contributed by atoms with E-state index in [9.17, 15) is 0 Å². The van der Waals surface area contributed by atoms with Gasteiger partial charge in [-0.05, 0) is 17.7 Å². The normalized spacial score (nSPS) is 10.1.